The third-order valence-corrected chi connectivity index (χ3v) is 4.48. The molecule has 2 rings (SSSR count). The molecule has 0 bridgehead atoms. The van der Waals surface area contributed by atoms with Crippen LogP contribution in [0.2, 0.25) is 0 Å². The lowest BCUT2D eigenvalue weighted by atomic mass is 10.2. The molecular formula is C13H19N3S2. The smallest absolute Gasteiger partial charge is 0.131 e. The Morgan fingerprint density at radius 1 is 1.22 bits per heavy atom. The van der Waals surface area contributed by atoms with Crippen LogP contribution in [0.25, 0.3) is 0 Å². The van der Waals surface area contributed by atoms with Gasteiger partial charge in [0.1, 0.15) is 10.0 Å². The highest BCUT2D eigenvalue weighted by molar-refractivity contribution is 7.11. The molecule has 0 aliphatic rings. The maximum absolute atomic E-state index is 4.24. The van der Waals surface area contributed by atoms with E-state index in [2.05, 4.69) is 46.9 Å². The first-order valence-electron chi connectivity index (χ1n) is 6.31. The van der Waals surface area contributed by atoms with E-state index >= 15 is 0 Å². The molecule has 0 aliphatic heterocycles. The first kappa shape index (κ1) is 13.6. The summed E-state index contributed by atoms with van der Waals surface area (Å²) in [5.41, 5.74) is 0. The van der Waals surface area contributed by atoms with Crippen LogP contribution in [-0.2, 0) is 19.4 Å². The molecule has 2 aromatic heterocycles. The molecule has 0 aliphatic carbocycles. The zero-order valence-electron chi connectivity index (χ0n) is 10.8. The minimum Gasteiger partial charge on any atom is -0.308 e. The highest BCUT2D eigenvalue weighted by atomic mass is 32.1. The number of rotatable bonds is 7. The van der Waals surface area contributed by atoms with Gasteiger partial charge in [0.05, 0.1) is 0 Å². The van der Waals surface area contributed by atoms with Crippen molar-refractivity contribution in [2.24, 2.45) is 0 Å². The molecule has 0 atom stereocenters. The van der Waals surface area contributed by atoms with Crippen LogP contribution < -0.4 is 5.32 Å². The number of hydrogen-bond donors (Lipinski definition) is 1. The van der Waals surface area contributed by atoms with E-state index in [4.69, 9.17) is 0 Å². The van der Waals surface area contributed by atoms with Crippen LogP contribution in [0, 0.1) is 0 Å². The van der Waals surface area contributed by atoms with Gasteiger partial charge >= 0.3 is 0 Å². The average molecular weight is 281 g/mol. The van der Waals surface area contributed by atoms with Gasteiger partial charge in [-0.2, -0.15) is 0 Å². The summed E-state index contributed by atoms with van der Waals surface area (Å²) in [6, 6.07) is 4.81. The fourth-order valence-corrected chi connectivity index (χ4v) is 3.21. The zero-order chi connectivity index (χ0) is 12.8. The Morgan fingerprint density at radius 2 is 2.06 bits per heavy atom. The van der Waals surface area contributed by atoms with Crippen molar-refractivity contribution in [1.29, 1.82) is 0 Å². The van der Waals surface area contributed by atoms with Crippen molar-refractivity contribution < 1.29 is 0 Å². The van der Waals surface area contributed by atoms with Crippen molar-refractivity contribution in [2.45, 2.75) is 45.7 Å². The third kappa shape index (κ3) is 4.48. The lowest BCUT2D eigenvalue weighted by molar-refractivity contribution is 0.584. The Hall–Kier alpha value is -0.780. The fraction of sp³-hybridized carbons (Fsp3) is 0.538. The molecule has 0 fully saturated rings. The highest BCUT2D eigenvalue weighted by Gasteiger charge is 2.05. The lowest BCUT2D eigenvalue weighted by Gasteiger charge is -2.03. The van der Waals surface area contributed by atoms with Crippen molar-refractivity contribution in [1.82, 2.24) is 15.5 Å². The molecule has 0 saturated carbocycles. The zero-order valence-corrected chi connectivity index (χ0v) is 12.5. The topological polar surface area (TPSA) is 37.8 Å². The normalized spacial score (nSPS) is 11.3. The van der Waals surface area contributed by atoms with Gasteiger partial charge in [0.15, 0.2) is 0 Å². The minimum absolute atomic E-state index is 0.496. The quantitative estimate of drug-likeness (QED) is 0.846. The maximum Gasteiger partial charge on any atom is 0.131 e. The van der Waals surface area contributed by atoms with Gasteiger partial charge in [-0.25, -0.2) is 0 Å². The third-order valence-electron chi connectivity index (χ3n) is 2.56. The van der Waals surface area contributed by atoms with Crippen LogP contribution in [0.3, 0.4) is 0 Å². The van der Waals surface area contributed by atoms with Crippen LogP contribution in [0.1, 0.15) is 35.2 Å². The molecule has 0 radical (unpaired) electrons. The summed E-state index contributed by atoms with van der Waals surface area (Å²) < 4.78 is 0. The molecule has 2 heterocycles. The first-order valence-corrected chi connectivity index (χ1v) is 8.00. The van der Waals surface area contributed by atoms with Gasteiger partial charge in [-0.05, 0) is 24.3 Å². The summed E-state index contributed by atoms with van der Waals surface area (Å²) >= 11 is 3.56. The van der Waals surface area contributed by atoms with Gasteiger partial charge < -0.3 is 5.32 Å². The standard InChI is InChI=1S/C13H19N3S2/c1-10(2)14-9-13-16-15-12(18-13)7-3-5-11-6-4-8-17-11/h4,6,8,10,14H,3,5,7,9H2,1-2H3. The van der Waals surface area contributed by atoms with Gasteiger partial charge in [-0.3, -0.25) is 0 Å². The van der Waals surface area contributed by atoms with Crippen LogP contribution in [0.5, 0.6) is 0 Å². The number of aryl methyl sites for hydroxylation is 2. The van der Waals surface area contributed by atoms with Crippen LogP contribution in [0.4, 0.5) is 0 Å². The van der Waals surface area contributed by atoms with Gasteiger partial charge in [0, 0.05) is 23.9 Å². The Kier molecular flexibility index (Phi) is 5.28. The highest BCUT2D eigenvalue weighted by Crippen LogP contribution is 2.15. The van der Waals surface area contributed by atoms with Crippen LogP contribution >= 0.6 is 22.7 Å². The molecule has 2 aromatic rings. The number of aromatic nitrogens is 2. The van der Waals surface area contributed by atoms with Gasteiger partial charge in [0.25, 0.3) is 0 Å². The Morgan fingerprint density at radius 3 is 2.78 bits per heavy atom. The molecule has 1 N–H and O–H groups in total. The van der Waals surface area contributed by atoms with Crippen molar-refractivity contribution >= 4 is 22.7 Å². The van der Waals surface area contributed by atoms with E-state index in [1.165, 1.54) is 4.88 Å². The molecule has 18 heavy (non-hydrogen) atoms. The van der Waals surface area contributed by atoms with Gasteiger partial charge in [0.2, 0.25) is 0 Å². The second-order valence-corrected chi connectivity index (χ2v) is 6.74. The molecule has 0 aromatic carbocycles. The SMILES string of the molecule is CC(C)NCc1nnc(CCCc2cccs2)s1. The number of nitrogens with one attached hydrogen (secondary N) is 1. The summed E-state index contributed by atoms with van der Waals surface area (Å²) in [6.07, 6.45) is 3.35. The lowest BCUT2D eigenvalue weighted by Crippen LogP contribution is -2.21. The van der Waals surface area contributed by atoms with E-state index in [9.17, 15) is 0 Å². The van der Waals surface area contributed by atoms with E-state index in [0.29, 0.717) is 6.04 Å². The minimum atomic E-state index is 0.496. The molecule has 0 amide bonds. The van der Waals surface area contributed by atoms with E-state index in [1.807, 2.05) is 11.3 Å². The molecule has 0 spiro atoms. The van der Waals surface area contributed by atoms with Crippen LogP contribution in [-0.4, -0.2) is 16.2 Å². The number of nitrogens with zero attached hydrogens (tertiary/aromatic N) is 2. The second kappa shape index (κ2) is 6.97. The Bertz CT molecular complexity index is 449. The monoisotopic (exact) mass is 281 g/mol. The summed E-state index contributed by atoms with van der Waals surface area (Å²) in [7, 11) is 0. The second-order valence-electron chi connectivity index (χ2n) is 4.56. The van der Waals surface area contributed by atoms with Crippen molar-refractivity contribution in [3.63, 3.8) is 0 Å². The van der Waals surface area contributed by atoms with Crippen molar-refractivity contribution in [3.8, 4) is 0 Å². The average Bonchev–Trinajstić information content (AvgIpc) is 2.97. The number of hydrogen-bond acceptors (Lipinski definition) is 5. The Labute approximate surface area is 116 Å². The summed E-state index contributed by atoms with van der Waals surface area (Å²) in [4.78, 5) is 1.46. The summed E-state index contributed by atoms with van der Waals surface area (Å²) in [6.45, 7) is 5.12. The molecule has 3 nitrogen and oxygen atoms in total. The van der Waals surface area contributed by atoms with E-state index < -0.39 is 0 Å². The van der Waals surface area contributed by atoms with Crippen molar-refractivity contribution in [2.75, 3.05) is 0 Å². The largest absolute Gasteiger partial charge is 0.308 e. The number of thiophene rings is 1. The van der Waals surface area contributed by atoms with E-state index in [0.717, 1.165) is 35.8 Å². The predicted octanol–water partition coefficient (Wildman–Crippen LogP) is 3.27. The van der Waals surface area contributed by atoms with Crippen LogP contribution in [0.15, 0.2) is 17.5 Å². The van der Waals surface area contributed by atoms with E-state index in [1.54, 1.807) is 11.3 Å². The molecule has 5 heteroatoms. The first-order chi connectivity index (χ1) is 8.74. The molecule has 0 unspecified atom stereocenters. The summed E-state index contributed by atoms with van der Waals surface area (Å²) in [5, 5.41) is 16.2. The summed E-state index contributed by atoms with van der Waals surface area (Å²) in [5.74, 6) is 0. The van der Waals surface area contributed by atoms with E-state index in [-0.39, 0.29) is 0 Å². The van der Waals surface area contributed by atoms with Gasteiger partial charge in [-0.1, -0.05) is 19.9 Å². The Balaban J connectivity index is 1.73. The molecular weight excluding hydrogens is 262 g/mol. The maximum atomic E-state index is 4.24. The fourth-order valence-electron chi connectivity index (χ4n) is 1.62. The predicted molar refractivity (Wildman–Crippen MR) is 78.2 cm³/mol. The molecule has 98 valence electrons. The van der Waals surface area contributed by atoms with Gasteiger partial charge in [-0.15, -0.1) is 32.9 Å². The molecule has 0 saturated heterocycles. The van der Waals surface area contributed by atoms with Crippen molar-refractivity contribution in [3.05, 3.63) is 32.4 Å².